The highest BCUT2D eigenvalue weighted by atomic mass is 16.5. The van der Waals surface area contributed by atoms with Crippen molar-refractivity contribution in [2.75, 3.05) is 6.54 Å². The Labute approximate surface area is 93.7 Å². The molecule has 6 heteroatoms. The number of hydrogen-bond acceptors (Lipinski definition) is 5. The molecule has 0 radical (unpaired) electrons. The van der Waals surface area contributed by atoms with Crippen molar-refractivity contribution in [1.29, 1.82) is 0 Å². The van der Waals surface area contributed by atoms with Crippen molar-refractivity contribution in [3.05, 3.63) is 29.9 Å². The van der Waals surface area contributed by atoms with Crippen LogP contribution in [0.3, 0.4) is 0 Å². The van der Waals surface area contributed by atoms with E-state index in [9.17, 15) is 0 Å². The molecule has 0 bridgehead atoms. The van der Waals surface area contributed by atoms with Gasteiger partial charge in [-0.2, -0.15) is 4.98 Å². The Hall–Kier alpha value is -1.69. The third-order valence-electron chi connectivity index (χ3n) is 2.30. The lowest BCUT2D eigenvalue weighted by Crippen LogP contribution is -2.19. The van der Waals surface area contributed by atoms with E-state index in [4.69, 9.17) is 4.52 Å². The summed E-state index contributed by atoms with van der Waals surface area (Å²) in [5, 5.41) is 6.95. The minimum absolute atomic E-state index is 0.606. The molecule has 0 aromatic carbocycles. The van der Waals surface area contributed by atoms with E-state index in [1.807, 2.05) is 20.0 Å². The van der Waals surface area contributed by atoms with Gasteiger partial charge in [-0.05, 0) is 13.8 Å². The molecule has 86 valence electrons. The molecule has 0 unspecified atom stereocenters. The largest absolute Gasteiger partial charge is 0.338 e. The smallest absolute Gasteiger partial charge is 0.240 e. The van der Waals surface area contributed by atoms with E-state index in [1.165, 1.54) is 0 Å². The maximum Gasteiger partial charge on any atom is 0.240 e. The van der Waals surface area contributed by atoms with E-state index in [0.717, 1.165) is 18.9 Å². The van der Waals surface area contributed by atoms with Gasteiger partial charge in [-0.3, -0.25) is 0 Å². The molecule has 0 fully saturated rings. The summed E-state index contributed by atoms with van der Waals surface area (Å²) in [4.78, 5) is 8.25. The first-order valence-corrected chi connectivity index (χ1v) is 5.23. The van der Waals surface area contributed by atoms with Gasteiger partial charge >= 0.3 is 0 Å². The molecule has 0 spiro atoms. The number of hydrogen-bond donors (Lipinski definition) is 1. The quantitative estimate of drug-likeness (QED) is 0.752. The summed E-state index contributed by atoms with van der Waals surface area (Å²) in [5.41, 5.74) is 0. The highest BCUT2D eigenvalue weighted by molar-refractivity contribution is 4.88. The molecule has 2 rings (SSSR count). The van der Waals surface area contributed by atoms with E-state index in [1.54, 1.807) is 6.20 Å². The van der Waals surface area contributed by atoms with Crippen LogP contribution in [0.25, 0.3) is 0 Å². The molecule has 6 nitrogen and oxygen atoms in total. The maximum absolute atomic E-state index is 4.98. The number of aryl methyl sites for hydroxylation is 2. The number of aromatic nitrogens is 4. The van der Waals surface area contributed by atoms with Crippen LogP contribution >= 0.6 is 0 Å². The third-order valence-corrected chi connectivity index (χ3v) is 2.30. The maximum atomic E-state index is 4.98. The predicted octanol–water partition coefficient (Wildman–Crippen LogP) is 0.673. The summed E-state index contributed by atoms with van der Waals surface area (Å²) in [6.07, 6.45) is 3.77. The predicted molar refractivity (Wildman–Crippen MR) is 57.7 cm³/mol. The molecule has 2 heterocycles. The van der Waals surface area contributed by atoms with Gasteiger partial charge in [0.25, 0.3) is 0 Å². The van der Waals surface area contributed by atoms with Crippen LogP contribution in [0, 0.1) is 13.8 Å². The molecule has 1 N–H and O–H groups in total. The Balaban J connectivity index is 1.71. The molecule has 0 aliphatic heterocycles. The average Bonchev–Trinajstić information content (AvgIpc) is 2.83. The fraction of sp³-hybridized carbons (Fsp3) is 0.500. The van der Waals surface area contributed by atoms with Crippen molar-refractivity contribution < 1.29 is 4.52 Å². The molecule has 2 aromatic rings. The van der Waals surface area contributed by atoms with Crippen LogP contribution in [0.15, 0.2) is 16.9 Å². The summed E-state index contributed by atoms with van der Waals surface area (Å²) in [6.45, 7) is 6.13. The van der Waals surface area contributed by atoms with Gasteiger partial charge in [-0.15, -0.1) is 0 Å². The second-order valence-corrected chi connectivity index (χ2v) is 3.58. The van der Waals surface area contributed by atoms with Gasteiger partial charge in [-0.1, -0.05) is 5.16 Å². The second kappa shape index (κ2) is 4.89. The Morgan fingerprint density at radius 3 is 2.94 bits per heavy atom. The Kier molecular flexibility index (Phi) is 3.31. The number of nitrogens with one attached hydrogen (secondary N) is 1. The summed E-state index contributed by atoms with van der Waals surface area (Å²) in [7, 11) is 0. The molecule has 0 atom stereocenters. The lowest BCUT2D eigenvalue weighted by molar-refractivity contribution is 0.363. The SMILES string of the molecule is Cc1noc(CNCCn2ccnc2C)n1. The Bertz CT molecular complexity index is 448. The van der Waals surface area contributed by atoms with E-state index in [-0.39, 0.29) is 0 Å². The van der Waals surface area contributed by atoms with Crippen LogP contribution in [0.2, 0.25) is 0 Å². The van der Waals surface area contributed by atoms with Crippen LogP contribution in [0.5, 0.6) is 0 Å². The van der Waals surface area contributed by atoms with Gasteiger partial charge in [-0.25, -0.2) is 4.98 Å². The van der Waals surface area contributed by atoms with Gasteiger partial charge in [0.2, 0.25) is 5.89 Å². The minimum Gasteiger partial charge on any atom is -0.338 e. The minimum atomic E-state index is 0.606. The Morgan fingerprint density at radius 1 is 1.44 bits per heavy atom. The van der Waals surface area contributed by atoms with Crippen LogP contribution < -0.4 is 5.32 Å². The van der Waals surface area contributed by atoms with Crippen molar-refractivity contribution in [1.82, 2.24) is 25.0 Å². The van der Waals surface area contributed by atoms with E-state index in [2.05, 4.69) is 25.0 Å². The lowest BCUT2D eigenvalue weighted by atomic mass is 10.5. The molecule has 0 aliphatic rings. The van der Waals surface area contributed by atoms with Crippen molar-refractivity contribution in [2.45, 2.75) is 26.9 Å². The van der Waals surface area contributed by atoms with Crippen LogP contribution in [-0.2, 0) is 13.1 Å². The first-order chi connectivity index (χ1) is 7.75. The molecule has 16 heavy (non-hydrogen) atoms. The molecule has 2 aromatic heterocycles. The lowest BCUT2D eigenvalue weighted by Gasteiger charge is -2.04. The highest BCUT2D eigenvalue weighted by Gasteiger charge is 2.01. The number of rotatable bonds is 5. The van der Waals surface area contributed by atoms with E-state index < -0.39 is 0 Å². The van der Waals surface area contributed by atoms with Gasteiger partial charge < -0.3 is 14.4 Å². The summed E-state index contributed by atoms with van der Waals surface area (Å²) >= 11 is 0. The van der Waals surface area contributed by atoms with Gasteiger partial charge in [0.15, 0.2) is 5.82 Å². The summed E-state index contributed by atoms with van der Waals surface area (Å²) in [5.74, 6) is 2.32. The van der Waals surface area contributed by atoms with Crippen molar-refractivity contribution in [2.24, 2.45) is 0 Å². The van der Waals surface area contributed by atoms with Gasteiger partial charge in [0, 0.05) is 25.5 Å². The fourth-order valence-electron chi connectivity index (χ4n) is 1.45. The molecule has 0 saturated carbocycles. The zero-order valence-electron chi connectivity index (χ0n) is 9.47. The second-order valence-electron chi connectivity index (χ2n) is 3.58. The number of nitrogens with zero attached hydrogens (tertiary/aromatic N) is 4. The van der Waals surface area contributed by atoms with Gasteiger partial charge in [0.05, 0.1) is 6.54 Å². The summed E-state index contributed by atoms with van der Waals surface area (Å²) < 4.78 is 7.07. The zero-order chi connectivity index (χ0) is 11.4. The topological polar surface area (TPSA) is 68.8 Å². The zero-order valence-corrected chi connectivity index (χ0v) is 9.47. The first-order valence-electron chi connectivity index (χ1n) is 5.23. The molecule has 0 amide bonds. The monoisotopic (exact) mass is 221 g/mol. The Morgan fingerprint density at radius 2 is 2.31 bits per heavy atom. The van der Waals surface area contributed by atoms with E-state index in [0.29, 0.717) is 18.3 Å². The molecular formula is C10H15N5O. The highest BCUT2D eigenvalue weighted by Crippen LogP contribution is 1.96. The fourth-order valence-corrected chi connectivity index (χ4v) is 1.45. The van der Waals surface area contributed by atoms with Crippen molar-refractivity contribution in [3.8, 4) is 0 Å². The van der Waals surface area contributed by atoms with Crippen LogP contribution in [0.1, 0.15) is 17.5 Å². The normalized spacial score (nSPS) is 10.9. The third kappa shape index (κ3) is 2.66. The van der Waals surface area contributed by atoms with Crippen LogP contribution in [0.4, 0.5) is 0 Å². The molecule has 0 aliphatic carbocycles. The van der Waals surface area contributed by atoms with Crippen LogP contribution in [-0.4, -0.2) is 26.2 Å². The van der Waals surface area contributed by atoms with Crippen molar-refractivity contribution in [3.63, 3.8) is 0 Å². The number of imidazole rings is 1. The molecule has 0 saturated heterocycles. The average molecular weight is 221 g/mol. The van der Waals surface area contributed by atoms with Crippen molar-refractivity contribution >= 4 is 0 Å². The van der Waals surface area contributed by atoms with E-state index >= 15 is 0 Å². The van der Waals surface area contributed by atoms with Gasteiger partial charge in [0.1, 0.15) is 5.82 Å². The first kappa shape index (κ1) is 10.8. The standard InChI is InChI=1S/C10H15N5O/c1-8-13-10(16-14-8)7-11-3-5-15-6-4-12-9(15)2/h4,6,11H,3,5,7H2,1-2H3. The molecular weight excluding hydrogens is 206 g/mol. The summed E-state index contributed by atoms with van der Waals surface area (Å²) in [6, 6.07) is 0.